The van der Waals surface area contributed by atoms with Gasteiger partial charge in [0.15, 0.2) is 0 Å². The van der Waals surface area contributed by atoms with Gasteiger partial charge in [-0.25, -0.2) is 10.2 Å². The summed E-state index contributed by atoms with van der Waals surface area (Å²) in [6, 6.07) is 0. The molecular formula is C12H20ClN5O2. The minimum atomic E-state index is -0.381. The van der Waals surface area contributed by atoms with Crippen LogP contribution in [0.4, 0.5) is 0 Å². The van der Waals surface area contributed by atoms with Crippen molar-refractivity contribution in [1.82, 2.24) is 25.8 Å². The first kappa shape index (κ1) is 16.5. The topological polar surface area (TPSA) is 92.1 Å². The Morgan fingerprint density at radius 1 is 1.55 bits per heavy atom. The van der Waals surface area contributed by atoms with Crippen molar-refractivity contribution in [2.75, 3.05) is 6.54 Å². The standard InChI is InChI=1S/C12H19N5O2.ClH/c18-12(15-19)5-3-7-17-11(9-14-16-17)8-10-4-1-2-6-13-10;/h8-9,13,19H,1-7H2,(H,15,18);1H. The molecule has 0 radical (unpaired) electrons. The zero-order valence-corrected chi connectivity index (χ0v) is 12.0. The molecule has 8 heteroatoms. The van der Waals surface area contributed by atoms with Crippen molar-refractivity contribution in [3.8, 4) is 0 Å². The first-order valence-electron chi connectivity index (χ1n) is 6.55. The molecule has 1 aliphatic rings. The Balaban J connectivity index is 0.00000200. The van der Waals surface area contributed by atoms with Crippen molar-refractivity contribution >= 4 is 24.4 Å². The van der Waals surface area contributed by atoms with Crippen LogP contribution in [0, 0.1) is 0 Å². The molecule has 1 fully saturated rings. The summed E-state index contributed by atoms with van der Waals surface area (Å²) in [7, 11) is 0. The van der Waals surface area contributed by atoms with Gasteiger partial charge in [-0.05, 0) is 31.8 Å². The predicted octanol–water partition coefficient (Wildman–Crippen LogP) is 1.10. The molecule has 1 aliphatic heterocycles. The molecule has 2 rings (SSSR count). The summed E-state index contributed by atoms with van der Waals surface area (Å²) >= 11 is 0. The lowest BCUT2D eigenvalue weighted by molar-refractivity contribution is -0.129. The second kappa shape index (κ2) is 8.55. The van der Waals surface area contributed by atoms with E-state index in [2.05, 4.69) is 21.7 Å². The van der Waals surface area contributed by atoms with E-state index in [9.17, 15) is 4.79 Å². The highest BCUT2D eigenvalue weighted by Crippen LogP contribution is 2.14. The van der Waals surface area contributed by atoms with Crippen molar-refractivity contribution in [3.05, 3.63) is 17.6 Å². The number of allylic oxidation sites excluding steroid dienone is 1. The van der Waals surface area contributed by atoms with Gasteiger partial charge in [0.2, 0.25) is 5.91 Å². The number of rotatable bonds is 5. The molecule has 0 aliphatic carbocycles. The monoisotopic (exact) mass is 301 g/mol. The van der Waals surface area contributed by atoms with Crippen LogP contribution < -0.4 is 10.8 Å². The van der Waals surface area contributed by atoms with Crippen LogP contribution in [0.2, 0.25) is 0 Å². The normalized spacial score (nSPS) is 16.4. The highest BCUT2D eigenvalue weighted by atomic mass is 35.5. The van der Waals surface area contributed by atoms with E-state index < -0.39 is 0 Å². The maximum Gasteiger partial charge on any atom is 0.243 e. The summed E-state index contributed by atoms with van der Waals surface area (Å²) in [5.74, 6) is -0.381. The first-order chi connectivity index (χ1) is 9.29. The van der Waals surface area contributed by atoms with E-state index in [-0.39, 0.29) is 24.7 Å². The Labute approximate surface area is 123 Å². The van der Waals surface area contributed by atoms with Crippen LogP contribution in [0.1, 0.15) is 37.8 Å². The number of hydrogen-bond donors (Lipinski definition) is 3. The van der Waals surface area contributed by atoms with Gasteiger partial charge in [-0.1, -0.05) is 5.21 Å². The maximum atomic E-state index is 10.9. The van der Waals surface area contributed by atoms with E-state index >= 15 is 0 Å². The van der Waals surface area contributed by atoms with Gasteiger partial charge in [0.25, 0.3) is 0 Å². The Morgan fingerprint density at radius 2 is 2.40 bits per heavy atom. The van der Waals surface area contributed by atoms with Crippen molar-refractivity contribution in [3.63, 3.8) is 0 Å². The Morgan fingerprint density at radius 3 is 3.10 bits per heavy atom. The number of aryl methyl sites for hydroxylation is 1. The fourth-order valence-electron chi connectivity index (χ4n) is 2.08. The Kier molecular flexibility index (Phi) is 7.03. The molecule has 20 heavy (non-hydrogen) atoms. The molecule has 2 heterocycles. The SMILES string of the molecule is Cl.O=C(CCCn1nncc1C=C1CCCCN1)NO. The van der Waals surface area contributed by atoms with E-state index in [0.717, 1.165) is 18.7 Å². The third kappa shape index (κ3) is 4.82. The molecule has 0 unspecified atom stereocenters. The second-order valence-electron chi connectivity index (χ2n) is 4.57. The zero-order valence-electron chi connectivity index (χ0n) is 11.2. The van der Waals surface area contributed by atoms with Crippen molar-refractivity contribution in [2.45, 2.75) is 38.6 Å². The van der Waals surface area contributed by atoms with Gasteiger partial charge in [0.05, 0.1) is 11.9 Å². The maximum absolute atomic E-state index is 10.9. The highest BCUT2D eigenvalue weighted by molar-refractivity contribution is 5.85. The summed E-state index contributed by atoms with van der Waals surface area (Å²) in [5, 5.41) is 19.7. The molecule has 7 nitrogen and oxygen atoms in total. The minimum Gasteiger partial charge on any atom is -0.388 e. The van der Waals surface area contributed by atoms with E-state index in [1.165, 1.54) is 18.5 Å². The molecule has 1 saturated heterocycles. The summed E-state index contributed by atoms with van der Waals surface area (Å²) in [6.07, 6.45) is 8.13. The zero-order chi connectivity index (χ0) is 13.5. The Hall–Kier alpha value is -1.60. The van der Waals surface area contributed by atoms with Gasteiger partial charge in [-0.3, -0.25) is 10.0 Å². The molecule has 1 aromatic rings. The third-order valence-electron chi connectivity index (χ3n) is 3.09. The van der Waals surface area contributed by atoms with Gasteiger partial charge in [-0.2, -0.15) is 0 Å². The number of aromatic nitrogens is 3. The highest BCUT2D eigenvalue weighted by Gasteiger charge is 2.07. The average molecular weight is 302 g/mol. The molecule has 112 valence electrons. The molecule has 1 amide bonds. The van der Waals surface area contributed by atoms with Crippen LogP contribution in [-0.2, 0) is 11.3 Å². The summed E-state index contributed by atoms with van der Waals surface area (Å²) in [6.45, 7) is 1.62. The van der Waals surface area contributed by atoms with Crippen LogP contribution in [0.25, 0.3) is 6.08 Å². The smallest absolute Gasteiger partial charge is 0.243 e. The fourth-order valence-corrected chi connectivity index (χ4v) is 2.08. The lowest BCUT2D eigenvalue weighted by Gasteiger charge is -2.16. The minimum absolute atomic E-state index is 0. The number of carbonyl (C=O) groups excluding carboxylic acids is 1. The van der Waals surface area contributed by atoms with Crippen LogP contribution in [0.3, 0.4) is 0 Å². The first-order valence-corrected chi connectivity index (χ1v) is 6.55. The fraction of sp³-hybridized carbons (Fsp3) is 0.583. The van der Waals surface area contributed by atoms with E-state index in [4.69, 9.17) is 5.21 Å². The quantitative estimate of drug-likeness (QED) is 0.559. The summed E-state index contributed by atoms with van der Waals surface area (Å²) in [4.78, 5) is 10.9. The molecule has 0 aromatic carbocycles. The largest absolute Gasteiger partial charge is 0.388 e. The number of nitrogens with zero attached hydrogens (tertiary/aromatic N) is 3. The molecule has 0 bridgehead atoms. The summed E-state index contributed by atoms with van der Waals surface area (Å²) in [5.41, 5.74) is 3.77. The van der Waals surface area contributed by atoms with Gasteiger partial charge in [-0.15, -0.1) is 17.5 Å². The van der Waals surface area contributed by atoms with Crippen LogP contribution in [0.5, 0.6) is 0 Å². The van der Waals surface area contributed by atoms with Gasteiger partial charge < -0.3 is 5.32 Å². The van der Waals surface area contributed by atoms with Crippen LogP contribution in [0.15, 0.2) is 11.9 Å². The van der Waals surface area contributed by atoms with Crippen molar-refractivity contribution < 1.29 is 10.0 Å². The molecular weight excluding hydrogens is 282 g/mol. The number of nitrogens with one attached hydrogen (secondary N) is 2. The van der Waals surface area contributed by atoms with Gasteiger partial charge in [0, 0.05) is 25.2 Å². The van der Waals surface area contributed by atoms with Gasteiger partial charge >= 0.3 is 0 Å². The third-order valence-corrected chi connectivity index (χ3v) is 3.09. The van der Waals surface area contributed by atoms with E-state index in [0.29, 0.717) is 13.0 Å². The number of hydroxylamine groups is 1. The van der Waals surface area contributed by atoms with E-state index in [1.54, 1.807) is 16.4 Å². The second-order valence-corrected chi connectivity index (χ2v) is 4.57. The number of carbonyl (C=O) groups is 1. The Bertz CT molecular complexity index is 452. The van der Waals surface area contributed by atoms with E-state index in [1.807, 2.05) is 0 Å². The average Bonchev–Trinajstić information content (AvgIpc) is 2.87. The van der Waals surface area contributed by atoms with Gasteiger partial charge in [0.1, 0.15) is 0 Å². The number of amides is 1. The summed E-state index contributed by atoms with van der Waals surface area (Å²) < 4.78 is 1.77. The number of hydrogen-bond acceptors (Lipinski definition) is 5. The molecule has 3 N–H and O–H groups in total. The van der Waals surface area contributed by atoms with Crippen LogP contribution >= 0.6 is 12.4 Å². The van der Waals surface area contributed by atoms with Crippen LogP contribution in [-0.4, -0.2) is 32.7 Å². The lowest BCUT2D eigenvalue weighted by Crippen LogP contribution is -2.20. The lowest BCUT2D eigenvalue weighted by atomic mass is 10.1. The van der Waals surface area contributed by atoms with Crippen molar-refractivity contribution in [2.24, 2.45) is 0 Å². The molecule has 0 spiro atoms. The number of halogens is 1. The predicted molar refractivity (Wildman–Crippen MR) is 76.3 cm³/mol. The molecule has 1 aromatic heterocycles. The molecule has 0 saturated carbocycles. The molecule has 0 atom stereocenters. The van der Waals surface area contributed by atoms with Crippen molar-refractivity contribution in [1.29, 1.82) is 0 Å². The number of piperidine rings is 1.